The average molecular weight is 296 g/mol. The summed E-state index contributed by atoms with van der Waals surface area (Å²) in [5, 5.41) is 0. The van der Waals surface area contributed by atoms with Crippen molar-refractivity contribution >= 4 is 0 Å². The number of hydrogen-bond donors (Lipinski definition) is 0. The van der Waals surface area contributed by atoms with Gasteiger partial charge in [0.2, 0.25) is 0 Å². The summed E-state index contributed by atoms with van der Waals surface area (Å²) in [5.74, 6) is 1.80. The van der Waals surface area contributed by atoms with Gasteiger partial charge in [0.05, 0.1) is 0 Å². The van der Waals surface area contributed by atoms with E-state index >= 15 is 0 Å². The molecule has 0 heteroatoms. The zero-order valence-electron chi connectivity index (χ0n) is 15.6. The van der Waals surface area contributed by atoms with E-state index in [0.717, 1.165) is 11.8 Å². The lowest BCUT2D eigenvalue weighted by Crippen LogP contribution is -2.11. The van der Waals surface area contributed by atoms with Crippen LogP contribution in [0.1, 0.15) is 118 Å². The minimum Gasteiger partial charge on any atom is -0.0654 e. The van der Waals surface area contributed by atoms with Crippen LogP contribution in [0.15, 0.2) is 0 Å². The Morgan fingerprint density at radius 1 is 0.476 bits per heavy atom. The van der Waals surface area contributed by atoms with Crippen LogP contribution in [0.2, 0.25) is 0 Å². The van der Waals surface area contributed by atoms with E-state index in [2.05, 4.69) is 34.1 Å². The SMILES string of the molecule is CCCCCCC([CH]C(CCCC)CCCC)CCCC. The summed E-state index contributed by atoms with van der Waals surface area (Å²) in [6, 6.07) is 0. The maximum atomic E-state index is 2.78. The molecule has 0 amide bonds. The van der Waals surface area contributed by atoms with Crippen molar-refractivity contribution in [2.24, 2.45) is 11.8 Å². The van der Waals surface area contributed by atoms with E-state index in [0.29, 0.717) is 0 Å². The first-order valence-electron chi connectivity index (χ1n) is 10.1. The maximum absolute atomic E-state index is 2.78. The summed E-state index contributed by atoms with van der Waals surface area (Å²) < 4.78 is 0. The Balaban J connectivity index is 4.18. The number of unbranched alkanes of at least 4 members (excludes halogenated alkanes) is 6. The highest BCUT2D eigenvalue weighted by molar-refractivity contribution is 4.84. The van der Waals surface area contributed by atoms with Gasteiger partial charge in [-0.15, -0.1) is 0 Å². The number of rotatable bonds is 16. The molecule has 0 fully saturated rings. The third kappa shape index (κ3) is 13.4. The molecule has 0 saturated heterocycles. The van der Waals surface area contributed by atoms with E-state index in [1.165, 1.54) is 89.9 Å². The first kappa shape index (κ1) is 21.0. The Kier molecular flexibility index (Phi) is 16.4. The van der Waals surface area contributed by atoms with Gasteiger partial charge in [-0.2, -0.15) is 0 Å². The molecule has 0 rings (SSSR count). The first-order valence-corrected chi connectivity index (χ1v) is 10.1. The van der Waals surface area contributed by atoms with Gasteiger partial charge in [0.25, 0.3) is 0 Å². The highest BCUT2D eigenvalue weighted by Gasteiger charge is 2.16. The molecule has 0 spiro atoms. The molecular formula is C21H43. The van der Waals surface area contributed by atoms with Crippen molar-refractivity contribution in [1.29, 1.82) is 0 Å². The van der Waals surface area contributed by atoms with Gasteiger partial charge in [0.1, 0.15) is 0 Å². The topological polar surface area (TPSA) is 0 Å². The smallest absolute Gasteiger partial charge is 0.0324 e. The van der Waals surface area contributed by atoms with Crippen LogP contribution in [0, 0.1) is 18.3 Å². The van der Waals surface area contributed by atoms with Crippen molar-refractivity contribution in [1.82, 2.24) is 0 Å². The van der Waals surface area contributed by atoms with Gasteiger partial charge in [-0.05, 0) is 18.3 Å². The van der Waals surface area contributed by atoms with Crippen LogP contribution < -0.4 is 0 Å². The maximum Gasteiger partial charge on any atom is -0.0324 e. The third-order valence-electron chi connectivity index (χ3n) is 4.76. The van der Waals surface area contributed by atoms with Gasteiger partial charge in [0, 0.05) is 0 Å². The normalized spacial score (nSPS) is 13.0. The molecule has 0 saturated carbocycles. The van der Waals surface area contributed by atoms with Crippen molar-refractivity contribution < 1.29 is 0 Å². The van der Waals surface area contributed by atoms with E-state index in [-0.39, 0.29) is 0 Å². The van der Waals surface area contributed by atoms with Crippen LogP contribution in [0.25, 0.3) is 0 Å². The van der Waals surface area contributed by atoms with Gasteiger partial charge in [-0.3, -0.25) is 0 Å². The molecular weight excluding hydrogens is 252 g/mol. The summed E-state index contributed by atoms with van der Waals surface area (Å²) in [5.41, 5.74) is 0. The fourth-order valence-electron chi connectivity index (χ4n) is 3.29. The summed E-state index contributed by atoms with van der Waals surface area (Å²) in [6.07, 6.45) is 22.6. The fourth-order valence-corrected chi connectivity index (χ4v) is 3.29. The molecule has 0 heterocycles. The highest BCUT2D eigenvalue weighted by Crippen LogP contribution is 2.29. The van der Waals surface area contributed by atoms with Crippen LogP contribution in [-0.4, -0.2) is 0 Å². The monoisotopic (exact) mass is 295 g/mol. The highest BCUT2D eigenvalue weighted by atomic mass is 14.2. The van der Waals surface area contributed by atoms with Crippen molar-refractivity contribution in [3.63, 3.8) is 0 Å². The minimum absolute atomic E-state index is 0.901. The van der Waals surface area contributed by atoms with E-state index < -0.39 is 0 Å². The van der Waals surface area contributed by atoms with Gasteiger partial charge in [-0.1, -0.05) is 118 Å². The molecule has 0 aromatic rings. The molecule has 1 radical (unpaired) electrons. The standard InChI is InChI=1S/C21H43/c1-5-9-13-14-18-21(17-12-8-4)19-20(15-10-6-2)16-11-7-3/h19-21H,5-18H2,1-4H3. The molecule has 0 nitrogen and oxygen atoms in total. The van der Waals surface area contributed by atoms with Crippen LogP contribution >= 0.6 is 0 Å². The van der Waals surface area contributed by atoms with E-state index in [4.69, 9.17) is 0 Å². The van der Waals surface area contributed by atoms with Gasteiger partial charge >= 0.3 is 0 Å². The first-order chi connectivity index (χ1) is 10.3. The zero-order chi connectivity index (χ0) is 15.8. The van der Waals surface area contributed by atoms with Crippen molar-refractivity contribution in [3.05, 3.63) is 6.42 Å². The lowest BCUT2D eigenvalue weighted by molar-refractivity contribution is 0.374. The molecule has 0 aromatic carbocycles. The lowest BCUT2D eigenvalue weighted by atomic mass is 9.82. The Hall–Kier alpha value is 0. The van der Waals surface area contributed by atoms with E-state index in [9.17, 15) is 0 Å². The van der Waals surface area contributed by atoms with Crippen LogP contribution in [-0.2, 0) is 0 Å². The molecule has 0 aliphatic rings. The van der Waals surface area contributed by atoms with Crippen LogP contribution in [0.3, 0.4) is 0 Å². The summed E-state index contributed by atoms with van der Waals surface area (Å²) in [6.45, 7) is 9.30. The van der Waals surface area contributed by atoms with Gasteiger partial charge < -0.3 is 0 Å². The van der Waals surface area contributed by atoms with Gasteiger partial charge in [0.15, 0.2) is 0 Å². The molecule has 21 heavy (non-hydrogen) atoms. The molecule has 0 aromatic heterocycles. The van der Waals surface area contributed by atoms with Crippen molar-refractivity contribution in [3.8, 4) is 0 Å². The molecule has 0 aliphatic carbocycles. The quantitative estimate of drug-likeness (QED) is 0.253. The summed E-state index contributed by atoms with van der Waals surface area (Å²) >= 11 is 0. The van der Waals surface area contributed by atoms with Gasteiger partial charge in [-0.25, -0.2) is 0 Å². The molecule has 0 N–H and O–H groups in total. The van der Waals surface area contributed by atoms with Crippen molar-refractivity contribution in [2.75, 3.05) is 0 Å². The lowest BCUT2D eigenvalue weighted by Gasteiger charge is -2.23. The van der Waals surface area contributed by atoms with Crippen LogP contribution in [0.4, 0.5) is 0 Å². The molecule has 1 unspecified atom stereocenters. The number of hydrogen-bond acceptors (Lipinski definition) is 0. The second-order valence-corrected chi connectivity index (χ2v) is 6.99. The largest absolute Gasteiger partial charge is 0.0654 e. The molecule has 1 atom stereocenters. The predicted octanol–water partition coefficient (Wildman–Crippen LogP) is 7.96. The Bertz CT molecular complexity index is 176. The van der Waals surface area contributed by atoms with Crippen molar-refractivity contribution in [2.45, 2.75) is 118 Å². The Morgan fingerprint density at radius 3 is 1.24 bits per heavy atom. The second-order valence-electron chi connectivity index (χ2n) is 6.99. The average Bonchev–Trinajstić information content (AvgIpc) is 2.51. The molecule has 0 bridgehead atoms. The molecule has 127 valence electrons. The Labute approximate surface area is 136 Å². The van der Waals surface area contributed by atoms with E-state index in [1.54, 1.807) is 0 Å². The van der Waals surface area contributed by atoms with Crippen LogP contribution in [0.5, 0.6) is 0 Å². The summed E-state index contributed by atoms with van der Waals surface area (Å²) in [4.78, 5) is 0. The second kappa shape index (κ2) is 16.4. The Morgan fingerprint density at radius 2 is 0.857 bits per heavy atom. The third-order valence-corrected chi connectivity index (χ3v) is 4.76. The zero-order valence-corrected chi connectivity index (χ0v) is 15.6. The molecule has 0 aliphatic heterocycles. The fraction of sp³-hybridized carbons (Fsp3) is 0.952. The van der Waals surface area contributed by atoms with E-state index in [1.807, 2.05) is 0 Å². The predicted molar refractivity (Wildman–Crippen MR) is 98.6 cm³/mol. The summed E-state index contributed by atoms with van der Waals surface area (Å²) in [7, 11) is 0. The minimum atomic E-state index is 0.901.